The van der Waals surface area contributed by atoms with E-state index in [4.69, 9.17) is 4.74 Å². The van der Waals surface area contributed by atoms with E-state index in [0.29, 0.717) is 12.2 Å². The minimum Gasteiger partial charge on any atom is -0.373 e. The monoisotopic (exact) mass is 344 g/mol. The van der Waals surface area contributed by atoms with Crippen LogP contribution >= 0.6 is 23.5 Å². The maximum atomic E-state index is 6.20. The first-order chi connectivity index (χ1) is 11.4. The molecule has 1 saturated heterocycles. The lowest BCUT2D eigenvalue weighted by atomic mass is 10.2. The van der Waals surface area contributed by atoms with Gasteiger partial charge in [-0.2, -0.15) is 23.5 Å². The summed E-state index contributed by atoms with van der Waals surface area (Å²) in [6.45, 7) is 0. The largest absolute Gasteiger partial charge is 0.373 e. The zero-order chi connectivity index (χ0) is 15.7. The third kappa shape index (κ3) is 5.91. The number of benzene rings is 2. The van der Waals surface area contributed by atoms with Gasteiger partial charge in [-0.3, -0.25) is 0 Å². The molecule has 3 rings (SSSR count). The molecule has 0 amide bonds. The van der Waals surface area contributed by atoms with Crippen LogP contribution in [0.1, 0.15) is 24.0 Å². The summed E-state index contributed by atoms with van der Waals surface area (Å²) in [6, 6.07) is 21.4. The molecule has 0 radical (unpaired) electrons. The zero-order valence-corrected chi connectivity index (χ0v) is 15.0. The molecular formula is C20H24OS2. The normalized spacial score (nSPS) is 20.7. The fourth-order valence-electron chi connectivity index (χ4n) is 2.79. The Morgan fingerprint density at radius 2 is 1.13 bits per heavy atom. The van der Waals surface area contributed by atoms with Crippen molar-refractivity contribution in [3.05, 3.63) is 71.8 Å². The van der Waals surface area contributed by atoms with Crippen LogP contribution in [0.5, 0.6) is 0 Å². The molecule has 0 saturated carbocycles. The first kappa shape index (κ1) is 16.9. The van der Waals surface area contributed by atoms with Crippen molar-refractivity contribution in [2.75, 3.05) is 11.5 Å². The molecule has 1 fully saturated rings. The Bertz CT molecular complexity index is 507. The summed E-state index contributed by atoms with van der Waals surface area (Å²) in [5.74, 6) is 4.42. The molecule has 23 heavy (non-hydrogen) atoms. The highest BCUT2D eigenvalue weighted by Crippen LogP contribution is 2.27. The topological polar surface area (TPSA) is 9.23 Å². The minimum atomic E-state index is 0.450. The SMILES string of the molecule is c1ccc(CSC[C@H]2CC[C@@H](CSCc3ccccc3)O2)cc1. The molecule has 1 nitrogen and oxygen atoms in total. The minimum absolute atomic E-state index is 0.450. The third-order valence-electron chi connectivity index (χ3n) is 4.03. The van der Waals surface area contributed by atoms with Crippen molar-refractivity contribution < 1.29 is 4.74 Å². The lowest BCUT2D eigenvalue weighted by molar-refractivity contribution is 0.0727. The second kappa shape index (κ2) is 9.41. The standard InChI is InChI=1S/C20H24OS2/c1-3-7-17(8-4-1)13-22-15-19-11-12-20(21-19)16-23-14-18-9-5-2-6-10-18/h1-10,19-20H,11-16H2/t19-,20+. The summed E-state index contributed by atoms with van der Waals surface area (Å²) in [7, 11) is 0. The fourth-order valence-corrected chi connectivity index (χ4v) is 4.90. The highest BCUT2D eigenvalue weighted by atomic mass is 32.2. The first-order valence-electron chi connectivity index (χ1n) is 8.29. The van der Waals surface area contributed by atoms with Crippen molar-refractivity contribution in [3.8, 4) is 0 Å². The van der Waals surface area contributed by atoms with E-state index >= 15 is 0 Å². The second-order valence-electron chi connectivity index (χ2n) is 5.96. The van der Waals surface area contributed by atoms with Gasteiger partial charge in [0.05, 0.1) is 12.2 Å². The van der Waals surface area contributed by atoms with Crippen LogP contribution in [0.2, 0.25) is 0 Å². The molecule has 0 bridgehead atoms. The van der Waals surface area contributed by atoms with Gasteiger partial charge in [-0.1, -0.05) is 60.7 Å². The van der Waals surface area contributed by atoms with Crippen molar-refractivity contribution in [2.45, 2.75) is 36.6 Å². The van der Waals surface area contributed by atoms with E-state index in [1.54, 1.807) is 0 Å². The third-order valence-corrected chi connectivity index (χ3v) is 6.32. The fraction of sp³-hybridized carbons (Fsp3) is 0.400. The molecule has 0 aliphatic carbocycles. The van der Waals surface area contributed by atoms with Crippen molar-refractivity contribution >= 4 is 23.5 Å². The van der Waals surface area contributed by atoms with Gasteiger partial charge in [0, 0.05) is 23.0 Å². The number of hydrogen-bond acceptors (Lipinski definition) is 3. The Morgan fingerprint density at radius 3 is 1.57 bits per heavy atom. The van der Waals surface area contributed by atoms with Gasteiger partial charge in [0.25, 0.3) is 0 Å². The molecule has 0 spiro atoms. The molecule has 2 aromatic rings. The average molecular weight is 345 g/mol. The molecule has 0 aromatic heterocycles. The summed E-state index contributed by atoms with van der Waals surface area (Å²) in [6.07, 6.45) is 3.34. The highest BCUT2D eigenvalue weighted by molar-refractivity contribution is 7.98. The summed E-state index contributed by atoms with van der Waals surface area (Å²) in [5.41, 5.74) is 2.82. The Balaban J connectivity index is 1.29. The van der Waals surface area contributed by atoms with E-state index in [1.165, 1.54) is 24.0 Å². The van der Waals surface area contributed by atoms with Crippen LogP contribution in [-0.2, 0) is 16.2 Å². The maximum Gasteiger partial charge on any atom is 0.0670 e. The van der Waals surface area contributed by atoms with Gasteiger partial charge in [0.2, 0.25) is 0 Å². The molecule has 2 aromatic carbocycles. The highest BCUT2D eigenvalue weighted by Gasteiger charge is 2.24. The van der Waals surface area contributed by atoms with Crippen molar-refractivity contribution in [1.29, 1.82) is 0 Å². The number of thioether (sulfide) groups is 2. The van der Waals surface area contributed by atoms with Gasteiger partial charge in [-0.15, -0.1) is 0 Å². The van der Waals surface area contributed by atoms with Crippen LogP contribution in [-0.4, -0.2) is 23.7 Å². The van der Waals surface area contributed by atoms with Gasteiger partial charge >= 0.3 is 0 Å². The van der Waals surface area contributed by atoms with Gasteiger partial charge in [0.15, 0.2) is 0 Å². The van der Waals surface area contributed by atoms with Gasteiger partial charge in [0.1, 0.15) is 0 Å². The predicted molar refractivity (Wildman–Crippen MR) is 103 cm³/mol. The van der Waals surface area contributed by atoms with Crippen LogP contribution in [0.4, 0.5) is 0 Å². The van der Waals surface area contributed by atoms with E-state index in [9.17, 15) is 0 Å². The smallest absolute Gasteiger partial charge is 0.0670 e. The van der Waals surface area contributed by atoms with Gasteiger partial charge in [-0.25, -0.2) is 0 Å². The molecule has 2 atom stereocenters. The number of hydrogen-bond donors (Lipinski definition) is 0. The lowest BCUT2D eigenvalue weighted by Gasteiger charge is -2.13. The predicted octanol–water partition coefficient (Wildman–Crippen LogP) is 5.40. The van der Waals surface area contributed by atoms with E-state index in [-0.39, 0.29) is 0 Å². The van der Waals surface area contributed by atoms with E-state index < -0.39 is 0 Å². The Hall–Kier alpha value is -0.900. The number of ether oxygens (including phenoxy) is 1. The van der Waals surface area contributed by atoms with Crippen LogP contribution in [0.3, 0.4) is 0 Å². The van der Waals surface area contributed by atoms with Crippen molar-refractivity contribution in [1.82, 2.24) is 0 Å². The molecule has 1 aliphatic heterocycles. The molecule has 3 heteroatoms. The van der Waals surface area contributed by atoms with Crippen LogP contribution in [0, 0.1) is 0 Å². The summed E-state index contributed by atoms with van der Waals surface area (Å²) < 4.78 is 6.20. The molecule has 1 heterocycles. The molecule has 122 valence electrons. The summed E-state index contributed by atoms with van der Waals surface area (Å²) in [4.78, 5) is 0. The first-order valence-corrected chi connectivity index (χ1v) is 10.6. The number of rotatable bonds is 8. The molecule has 0 unspecified atom stereocenters. The Kier molecular flexibility index (Phi) is 6.93. The van der Waals surface area contributed by atoms with Crippen molar-refractivity contribution in [3.63, 3.8) is 0 Å². The maximum absolute atomic E-state index is 6.20. The van der Waals surface area contributed by atoms with Gasteiger partial charge < -0.3 is 4.74 Å². The zero-order valence-electron chi connectivity index (χ0n) is 13.4. The Labute approximate surface area is 148 Å². The van der Waals surface area contributed by atoms with E-state index in [1.807, 2.05) is 23.5 Å². The van der Waals surface area contributed by atoms with E-state index in [2.05, 4.69) is 60.7 Å². The quantitative estimate of drug-likeness (QED) is 0.634. The van der Waals surface area contributed by atoms with Crippen LogP contribution in [0.15, 0.2) is 60.7 Å². The molecule has 0 N–H and O–H groups in total. The average Bonchev–Trinajstić information content (AvgIpc) is 3.05. The summed E-state index contributed by atoms with van der Waals surface area (Å²) >= 11 is 3.99. The second-order valence-corrected chi connectivity index (χ2v) is 8.02. The molecular weight excluding hydrogens is 320 g/mol. The lowest BCUT2D eigenvalue weighted by Crippen LogP contribution is -2.15. The summed E-state index contributed by atoms with van der Waals surface area (Å²) in [5, 5.41) is 0. The Morgan fingerprint density at radius 1 is 0.696 bits per heavy atom. The van der Waals surface area contributed by atoms with Crippen molar-refractivity contribution in [2.24, 2.45) is 0 Å². The van der Waals surface area contributed by atoms with Crippen LogP contribution < -0.4 is 0 Å². The molecule has 1 aliphatic rings. The van der Waals surface area contributed by atoms with Crippen LogP contribution in [0.25, 0.3) is 0 Å². The van der Waals surface area contributed by atoms with Gasteiger partial charge in [-0.05, 0) is 24.0 Å². The van der Waals surface area contributed by atoms with E-state index in [0.717, 1.165) is 23.0 Å².